The van der Waals surface area contributed by atoms with Crippen molar-refractivity contribution < 1.29 is 0 Å². The molecule has 0 fully saturated rings. The molecule has 1 aromatic heterocycles. The van der Waals surface area contributed by atoms with Crippen molar-refractivity contribution in [2.75, 3.05) is 6.54 Å². The van der Waals surface area contributed by atoms with Crippen molar-refractivity contribution in [2.24, 2.45) is 0 Å². The van der Waals surface area contributed by atoms with Crippen LogP contribution in [0, 0.1) is 6.92 Å². The zero-order valence-corrected chi connectivity index (χ0v) is 11.8. The van der Waals surface area contributed by atoms with E-state index in [-0.39, 0.29) is 0 Å². The Morgan fingerprint density at radius 2 is 2.06 bits per heavy atom. The second-order valence-corrected chi connectivity index (χ2v) is 5.50. The largest absolute Gasteiger partial charge is 0.310 e. The number of rotatable bonds is 6. The van der Waals surface area contributed by atoms with Crippen LogP contribution in [-0.2, 0) is 6.42 Å². The molecule has 0 saturated carbocycles. The van der Waals surface area contributed by atoms with Crippen LogP contribution in [0.3, 0.4) is 0 Å². The Morgan fingerprint density at radius 1 is 1.28 bits per heavy atom. The van der Waals surface area contributed by atoms with E-state index in [9.17, 15) is 0 Å². The molecule has 0 bridgehead atoms. The van der Waals surface area contributed by atoms with Gasteiger partial charge in [0, 0.05) is 24.4 Å². The summed E-state index contributed by atoms with van der Waals surface area (Å²) in [5.74, 6) is 0. The number of nitrogens with zero attached hydrogens (tertiary/aromatic N) is 1. The number of aryl methyl sites for hydroxylation is 1. The molecule has 1 N–H and O–H groups in total. The van der Waals surface area contributed by atoms with E-state index in [1.54, 1.807) is 11.3 Å². The highest BCUT2D eigenvalue weighted by Crippen LogP contribution is 2.16. The highest BCUT2D eigenvalue weighted by Gasteiger charge is 2.07. The lowest BCUT2D eigenvalue weighted by atomic mass is 10.0. The van der Waals surface area contributed by atoms with Gasteiger partial charge in [-0.3, -0.25) is 0 Å². The van der Waals surface area contributed by atoms with Gasteiger partial charge < -0.3 is 5.32 Å². The molecule has 0 amide bonds. The zero-order valence-electron chi connectivity index (χ0n) is 11.0. The van der Waals surface area contributed by atoms with Gasteiger partial charge in [-0.2, -0.15) is 0 Å². The van der Waals surface area contributed by atoms with Gasteiger partial charge in [0.2, 0.25) is 0 Å². The Kier molecular flexibility index (Phi) is 4.90. The van der Waals surface area contributed by atoms with Crippen LogP contribution in [0.2, 0.25) is 0 Å². The third-order valence-electron chi connectivity index (χ3n) is 3.05. The summed E-state index contributed by atoms with van der Waals surface area (Å²) in [5, 5.41) is 6.91. The lowest BCUT2D eigenvalue weighted by Crippen LogP contribution is -2.23. The Balaban J connectivity index is 1.84. The van der Waals surface area contributed by atoms with Gasteiger partial charge in [-0.05, 0) is 18.9 Å². The fraction of sp³-hybridized carbons (Fsp3) is 0.400. The molecular formula is C15H20N2S. The van der Waals surface area contributed by atoms with Crippen LogP contribution in [0.1, 0.15) is 35.7 Å². The van der Waals surface area contributed by atoms with Crippen molar-refractivity contribution in [1.82, 2.24) is 10.3 Å². The Hall–Kier alpha value is -1.19. The molecule has 0 spiro atoms. The van der Waals surface area contributed by atoms with Crippen LogP contribution in [0.5, 0.6) is 0 Å². The summed E-state index contributed by atoms with van der Waals surface area (Å²) in [7, 11) is 0. The smallest absolute Gasteiger partial charge is 0.0897 e. The molecule has 0 saturated heterocycles. The first-order valence-corrected chi connectivity index (χ1v) is 7.37. The van der Waals surface area contributed by atoms with E-state index in [2.05, 4.69) is 59.9 Å². The van der Waals surface area contributed by atoms with Gasteiger partial charge in [-0.15, -0.1) is 11.3 Å². The number of aromatic nitrogens is 1. The molecule has 0 radical (unpaired) electrons. The third-order valence-corrected chi connectivity index (χ3v) is 3.87. The van der Waals surface area contributed by atoms with E-state index in [4.69, 9.17) is 0 Å². The SMILES string of the molecule is CCC(NCCc1csc(C)n1)c1ccccc1. The standard InChI is InChI=1S/C15H20N2S/c1-3-15(13-7-5-4-6-8-13)16-10-9-14-11-18-12(2)17-14/h4-8,11,15-16H,3,9-10H2,1-2H3. The molecule has 1 unspecified atom stereocenters. The number of nitrogens with one attached hydrogen (secondary N) is 1. The average Bonchev–Trinajstić information content (AvgIpc) is 2.81. The van der Waals surface area contributed by atoms with Crippen molar-refractivity contribution in [1.29, 1.82) is 0 Å². The van der Waals surface area contributed by atoms with E-state index < -0.39 is 0 Å². The minimum atomic E-state index is 0.450. The number of hydrogen-bond donors (Lipinski definition) is 1. The minimum absolute atomic E-state index is 0.450. The summed E-state index contributed by atoms with van der Waals surface area (Å²) < 4.78 is 0. The molecule has 1 heterocycles. The summed E-state index contributed by atoms with van der Waals surface area (Å²) in [4.78, 5) is 4.48. The molecule has 0 aliphatic carbocycles. The maximum Gasteiger partial charge on any atom is 0.0897 e. The Morgan fingerprint density at radius 3 is 2.67 bits per heavy atom. The van der Waals surface area contributed by atoms with Crippen LogP contribution in [0.15, 0.2) is 35.7 Å². The molecule has 1 atom stereocenters. The molecule has 0 aliphatic rings. The molecule has 96 valence electrons. The topological polar surface area (TPSA) is 24.9 Å². The van der Waals surface area contributed by atoms with Crippen LogP contribution < -0.4 is 5.32 Å². The lowest BCUT2D eigenvalue weighted by molar-refractivity contribution is 0.521. The van der Waals surface area contributed by atoms with Gasteiger partial charge in [0.15, 0.2) is 0 Å². The second kappa shape index (κ2) is 6.66. The number of hydrogen-bond acceptors (Lipinski definition) is 3. The van der Waals surface area contributed by atoms with Crippen LogP contribution in [-0.4, -0.2) is 11.5 Å². The van der Waals surface area contributed by atoms with Crippen molar-refractivity contribution in [3.63, 3.8) is 0 Å². The van der Waals surface area contributed by atoms with E-state index in [0.29, 0.717) is 6.04 Å². The van der Waals surface area contributed by atoms with Crippen LogP contribution in [0.4, 0.5) is 0 Å². The minimum Gasteiger partial charge on any atom is -0.310 e. The Labute approximate surface area is 113 Å². The normalized spacial score (nSPS) is 12.6. The van der Waals surface area contributed by atoms with E-state index in [1.807, 2.05) is 0 Å². The fourth-order valence-corrected chi connectivity index (χ4v) is 2.73. The summed E-state index contributed by atoms with van der Waals surface area (Å²) in [6, 6.07) is 11.1. The summed E-state index contributed by atoms with van der Waals surface area (Å²) in [5.41, 5.74) is 2.57. The first-order valence-electron chi connectivity index (χ1n) is 6.49. The average molecular weight is 260 g/mol. The summed E-state index contributed by atoms with van der Waals surface area (Å²) in [6.07, 6.45) is 2.12. The molecule has 3 heteroatoms. The highest BCUT2D eigenvalue weighted by atomic mass is 32.1. The van der Waals surface area contributed by atoms with Gasteiger partial charge in [0.05, 0.1) is 10.7 Å². The van der Waals surface area contributed by atoms with Crippen molar-refractivity contribution in [3.8, 4) is 0 Å². The molecule has 0 aliphatic heterocycles. The Bertz CT molecular complexity index is 464. The fourth-order valence-electron chi connectivity index (χ4n) is 2.08. The summed E-state index contributed by atoms with van der Waals surface area (Å²) in [6.45, 7) is 5.26. The molecule has 18 heavy (non-hydrogen) atoms. The van der Waals surface area contributed by atoms with Gasteiger partial charge in [-0.25, -0.2) is 4.98 Å². The first-order chi connectivity index (χ1) is 8.79. The number of benzene rings is 1. The van der Waals surface area contributed by atoms with Gasteiger partial charge in [-0.1, -0.05) is 37.3 Å². The van der Waals surface area contributed by atoms with Crippen LogP contribution >= 0.6 is 11.3 Å². The predicted octanol–water partition coefficient (Wildman–Crippen LogP) is 3.73. The monoisotopic (exact) mass is 260 g/mol. The first kappa shape index (κ1) is 13.2. The predicted molar refractivity (Wildman–Crippen MR) is 78.0 cm³/mol. The molecule has 2 nitrogen and oxygen atoms in total. The van der Waals surface area contributed by atoms with Crippen molar-refractivity contribution in [2.45, 2.75) is 32.7 Å². The van der Waals surface area contributed by atoms with E-state index >= 15 is 0 Å². The maximum absolute atomic E-state index is 4.48. The van der Waals surface area contributed by atoms with Crippen molar-refractivity contribution >= 4 is 11.3 Å². The van der Waals surface area contributed by atoms with Gasteiger partial charge >= 0.3 is 0 Å². The maximum atomic E-state index is 4.48. The highest BCUT2D eigenvalue weighted by molar-refractivity contribution is 7.09. The second-order valence-electron chi connectivity index (χ2n) is 4.43. The molecular weight excluding hydrogens is 240 g/mol. The number of thiazole rings is 1. The van der Waals surface area contributed by atoms with E-state index in [1.165, 1.54) is 11.3 Å². The van der Waals surface area contributed by atoms with Crippen LogP contribution in [0.25, 0.3) is 0 Å². The lowest BCUT2D eigenvalue weighted by Gasteiger charge is -2.17. The van der Waals surface area contributed by atoms with E-state index in [0.717, 1.165) is 24.4 Å². The van der Waals surface area contributed by atoms with Gasteiger partial charge in [0.1, 0.15) is 0 Å². The molecule has 2 aromatic rings. The van der Waals surface area contributed by atoms with Gasteiger partial charge in [0.25, 0.3) is 0 Å². The summed E-state index contributed by atoms with van der Waals surface area (Å²) >= 11 is 1.73. The molecule has 1 aromatic carbocycles. The zero-order chi connectivity index (χ0) is 12.8. The quantitative estimate of drug-likeness (QED) is 0.856. The third kappa shape index (κ3) is 3.65. The van der Waals surface area contributed by atoms with Crippen molar-refractivity contribution in [3.05, 3.63) is 52.0 Å². The molecule has 2 rings (SSSR count).